The molecule has 0 aliphatic heterocycles. The molecular weight excluding hydrogens is 669 g/mol. The lowest BCUT2D eigenvalue weighted by Crippen LogP contribution is -2.34. The predicted molar refractivity (Wildman–Crippen MR) is 208 cm³/mol. The number of carbonyl (C=O) groups excluding carboxylic acids is 1. The second-order valence-corrected chi connectivity index (χ2v) is 14.5. The zero-order valence-electron chi connectivity index (χ0n) is 31.9. The topological polar surface area (TPSA) is 155 Å². The maximum absolute atomic E-state index is 12.6. The number of phosphoric ester groups is 1. The van der Waals surface area contributed by atoms with Crippen molar-refractivity contribution in [3.63, 3.8) is 0 Å². The summed E-state index contributed by atoms with van der Waals surface area (Å²) >= 11 is 0. The van der Waals surface area contributed by atoms with Crippen molar-refractivity contribution in [1.29, 1.82) is 0 Å². The number of nitrogens with two attached hydrogens (primary N) is 1. The summed E-state index contributed by atoms with van der Waals surface area (Å²) < 4.78 is 33.2. The van der Waals surface area contributed by atoms with Crippen LogP contribution in [0.25, 0.3) is 0 Å². The molecule has 0 spiro atoms. The number of hydrogen-bond donors (Lipinski definition) is 3. The summed E-state index contributed by atoms with van der Waals surface area (Å²) in [6.07, 6.45) is 40.3. The fourth-order valence-electron chi connectivity index (χ4n) is 5.08. The monoisotopic (exact) mass is 741 g/mol. The van der Waals surface area contributed by atoms with E-state index in [1.54, 1.807) is 0 Å². The zero-order valence-corrected chi connectivity index (χ0v) is 32.8. The first-order valence-electron chi connectivity index (χ1n) is 19.7. The second-order valence-electron chi connectivity index (χ2n) is 13.0. The Kier molecular flexibility index (Phi) is 34.8. The standard InChI is InChI=1S/C40H72NO9P/c1-3-5-7-9-11-13-15-17-19-20-22-24-26-28-30-32-39(42)50-37(35-48-51(45,46)49-36-38(41)40(43)44)34-47-33-31-29-27-25-23-21-18-16-14-12-10-8-6-4-2/h6,8,12,14,18,21,25,27,37-38H,3-5,7,9-11,13,15-17,19-20,22-24,26,28-36,41H2,1-2H3,(H,43,44)(H,45,46)/b8-6-,14-12-,21-18-,27-25-. The Morgan fingerprint density at radius 3 is 1.63 bits per heavy atom. The van der Waals surface area contributed by atoms with Crippen LogP contribution < -0.4 is 5.73 Å². The SMILES string of the molecule is CC/C=C\C/C=C\C/C=C\C/C=C\CCCOCC(COP(=O)(O)OCC(N)C(=O)O)OC(=O)CCCCCCCCCCCCCCCCC. The van der Waals surface area contributed by atoms with Crippen molar-refractivity contribution >= 4 is 19.8 Å². The average molecular weight is 742 g/mol. The minimum Gasteiger partial charge on any atom is -0.480 e. The first kappa shape index (κ1) is 48.9. The third-order valence-corrected chi connectivity index (χ3v) is 9.07. The number of carboxylic acids is 1. The predicted octanol–water partition coefficient (Wildman–Crippen LogP) is 10.3. The van der Waals surface area contributed by atoms with Crippen LogP contribution in [0.4, 0.5) is 0 Å². The number of phosphoric acid groups is 1. The van der Waals surface area contributed by atoms with E-state index in [1.807, 2.05) is 0 Å². The van der Waals surface area contributed by atoms with Crippen LogP contribution in [0.2, 0.25) is 0 Å². The highest BCUT2D eigenvalue weighted by molar-refractivity contribution is 7.47. The molecule has 0 aliphatic rings. The van der Waals surface area contributed by atoms with E-state index in [2.05, 4.69) is 67.0 Å². The van der Waals surface area contributed by atoms with E-state index < -0.39 is 45.1 Å². The molecule has 3 atom stereocenters. The van der Waals surface area contributed by atoms with Gasteiger partial charge in [0.15, 0.2) is 0 Å². The van der Waals surface area contributed by atoms with Gasteiger partial charge in [0.1, 0.15) is 12.1 Å². The number of esters is 1. The second kappa shape index (κ2) is 36.3. The van der Waals surface area contributed by atoms with Gasteiger partial charge in [0, 0.05) is 13.0 Å². The molecule has 0 rings (SSSR count). The highest BCUT2D eigenvalue weighted by Crippen LogP contribution is 2.43. The van der Waals surface area contributed by atoms with Crippen molar-refractivity contribution in [2.75, 3.05) is 26.4 Å². The summed E-state index contributed by atoms with van der Waals surface area (Å²) in [5.41, 5.74) is 5.34. The molecule has 0 amide bonds. The quantitative estimate of drug-likeness (QED) is 0.0242. The molecule has 0 aromatic carbocycles. The van der Waals surface area contributed by atoms with Gasteiger partial charge in [-0.05, 0) is 44.9 Å². The van der Waals surface area contributed by atoms with E-state index in [1.165, 1.54) is 70.6 Å². The lowest BCUT2D eigenvalue weighted by atomic mass is 10.0. The zero-order chi connectivity index (χ0) is 37.7. The van der Waals surface area contributed by atoms with Gasteiger partial charge in [0.05, 0.1) is 19.8 Å². The fraction of sp³-hybridized carbons (Fsp3) is 0.750. The van der Waals surface area contributed by atoms with Gasteiger partial charge in [-0.2, -0.15) is 0 Å². The van der Waals surface area contributed by atoms with Gasteiger partial charge < -0.3 is 25.2 Å². The first-order chi connectivity index (χ1) is 24.7. The molecule has 0 aliphatic carbocycles. The van der Waals surface area contributed by atoms with Crippen LogP contribution in [0.1, 0.15) is 155 Å². The molecule has 51 heavy (non-hydrogen) atoms. The fourth-order valence-corrected chi connectivity index (χ4v) is 5.86. The Morgan fingerprint density at radius 1 is 0.647 bits per heavy atom. The number of allylic oxidation sites excluding steroid dienone is 8. The van der Waals surface area contributed by atoms with Crippen LogP contribution in [0.15, 0.2) is 48.6 Å². The van der Waals surface area contributed by atoms with Gasteiger partial charge in [0.25, 0.3) is 0 Å². The summed E-state index contributed by atoms with van der Waals surface area (Å²) in [5.74, 6) is -1.80. The summed E-state index contributed by atoms with van der Waals surface area (Å²) in [4.78, 5) is 33.4. The molecule has 296 valence electrons. The molecule has 0 saturated carbocycles. The molecule has 0 fully saturated rings. The highest BCUT2D eigenvalue weighted by Gasteiger charge is 2.27. The van der Waals surface area contributed by atoms with Crippen molar-refractivity contribution in [2.45, 2.75) is 167 Å². The van der Waals surface area contributed by atoms with Crippen molar-refractivity contribution in [2.24, 2.45) is 5.73 Å². The molecule has 0 bridgehead atoms. The maximum Gasteiger partial charge on any atom is 0.472 e. The smallest absolute Gasteiger partial charge is 0.472 e. The molecule has 0 aromatic rings. The van der Waals surface area contributed by atoms with Crippen LogP contribution in [-0.4, -0.2) is 60.5 Å². The Hall–Kier alpha value is -2.07. The third-order valence-electron chi connectivity index (χ3n) is 8.12. The van der Waals surface area contributed by atoms with E-state index in [-0.39, 0.29) is 13.0 Å². The van der Waals surface area contributed by atoms with Gasteiger partial charge in [-0.1, -0.05) is 152 Å². The Balaban J connectivity index is 4.37. The molecule has 10 nitrogen and oxygen atoms in total. The van der Waals surface area contributed by atoms with Crippen molar-refractivity contribution < 1.29 is 42.7 Å². The highest BCUT2D eigenvalue weighted by atomic mass is 31.2. The summed E-state index contributed by atoms with van der Waals surface area (Å²) in [5, 5.41) is 8.87. The number of hydrogen-bond acceptors (Lipinski definition) is 8. The van der Waals surface area contributed by atoms with Crippen LogP contribution >= 0.6 is 7.82 Å². The molecule has 3 unspecified atom stereocenters. The van der Waals surface area contributed by atoms with Crippen molar-refractivity contribution in [3.05, 3.63) is 48.6 Å². The Morgan fingerprint density at radius 2 is 1.12 bits per heavy atom. The molecule has 11 heteroatoms. The molecule has 0 saturated heterocycles. The Bertz CT molecular complexity index is 998. The number of aliphatic carboxylic acids is 1. The van der Waals surface area contributed by atoms with Crippen LogP contribution in [0.5, 0.6) is 0 Å². The van der Waals surface area contributed by atoms with E-state index in [9.17, 15) is 19.0 Å². The average Bonchev–Trinajstić information content (AvgIpc) is 3.10. The first-order valence-corrected chi connectivity index (χ1v) is 21.2. The molecular formula is C40H72NO9P. The van der Waals surface area contributed by atoms with Crippen LogP contribution in [-0.2, 0) is 32.7 Å². The van der Waals surface area contributed by atoms with Crippen LogP contribution in [0.3, 0.4) is 0 Å². The summed E-state index contributed by atoms with van der Waals surface area (Å²) in [6, 6.07) is -1.48. The van der Waals surface area contributed by atoms with Crippen LogP contribution in [0, 0.1) is 0 Å². The van der Waals surface area contributed by atoms with E-state index in [0.29, 0.717) is 13.0 Å². The van der Waals surface area contributed by atoms with E-state index in [4.69, 9.17) is 24.8 Å². The van der Waals surface area contributed by atoms with Gasteiger partial charge in [-0.15, -0.1) is 0 Å². The minimum atomic E-state index is -4.62. The van der Waals surface area contributed by atoms with Gasteiger partial charge in [-0.25, -0.2) is 4.57 Å². The molecule has 4 N–H and O–H groups in total. The van der Waals surface area contributed by atoms with Crippen molar-refractivity contribution in [1.82, 2.24) is 0 Å². The van der Waals surface area contributed by atoms with Crippen molar-refractivity contribution in [3.8, 4) is 0 Å². The van der Waals surface area contributed by atoms with Gasteiger partial charge in [-0.3, -0.25) is 18.6 Å². The number of unbranched alkanes of at least 4 members (excludes halogenated alkanes) is 15. The molecule has 0 radical (unpaired) electrons. The maximum atomic E-state index is 12.6. The minimum absolute atomic E-state index is 0.0204. The number of ether oxygens (including phenoxy) is 2. The summed E-state index contributed by atoms with van der Waals surface area (Å²) in [6.45, 7) is 3.61. The number of carboxylic acid groups (broad SMARTS) is 1. The normalized spacial score (nSPS) is 14.6. The lowest BCUT2D eigenvalue weighted by molar-refractivity contribution is -0.154. The summed E-state index contributed by atoms with van der Waals surface area (Å²) in [7, 11) is -4.62. The van der Waals surface area contributed by atoms with E-state index >= 15 is 0 Å². The number of carbonyl (C=O) groups is 2. The third kappa shape index (κ3) is 36.1. The largest absolute Gasteiger partial charge is 0.480 e. The Labute approximate surface area is 309 Å². The lowest BCUT2D eigenvalue weighted by Gasteiger charge is -2.20. The van der Waals surface area contributed by atoms with Gasteiger partial charge in [0.2, 0.25) is 0 Å². The van der Waals surface area contributed by atoms with E-state index in [0.717, 1.165) is 57.8 Å². The number of rotatable bonds is 37. The molecule has 0 heterocycles. The van der Waals surface area contributed by atoms with Gasteiger partial charge >= 0.3 is 19.8 Å². The molecule has 0 aromatic heterocycles.